The van der Waals surface area contributed by atoms with Crippen LogP contribution >= 0.6 is 45.2 Å². The van der Waals surface area contributed by atoms with Gasteiger partial charge in [0.2, 0.25) is 0 Å². The monoisotopic (exact) mass is 586 g/mol. The number of fused-ring (bicyclic) bond motifs is 2. The molecule has 1 aliphatic rings. The van der Waals surface area contributed by atoms with Crippen LogP contribution in [-0.4, -0.2) is 21.3 Å². The molecule has 1 unspecified atom stereocenters. The van der Waals surface area contributed by atoms with Crippen LogP contribution in [0.1, 0.15) is 33.0 Å². The van der Waals surface area contributed by atoms with Crippen LogP contribution in [-0.2, 0) is 0 Å². The molecule has 1 aliphatic heterocycles. The number of ether oxygens (including phenoxy) is 1. The zero-order valence-electron chi connectivity index (χ0n) is 13.6. The topological polar surface area (TPSA) is 87.0 Å². The second-order valence-electron chi connectivity index (χ2n) is 6.09. The van der Waals surface area contributed by atoms with Gasteiger partial charge in [-0.15, -0.1) is 0 Å². The number of carboxylic acid groups (broad SMARTS) is 1. The van der Waals surface area contributed by atoms with E-state index < -0.39 is 11.9 Å². The number of aromatic hydroxyl groups is 2. The predicted octanol–water partition coefficient (Wildman–Crippen LogP) is 5.29. The number of carboxylic acids is 1. The summed E-state index contributed by atoms with van der Waals surface area (Å²) in [5.74, 6) is -0.399. The fraction of sp³-hybridized carbons (Fsp3) is 0.0500. The molecule has 0 saturated heterocycles. The molecule has 1 heterocycles. The molecule has 0 aliphatic carbocycles. The SMILES string of the molecule is O=C(O)c1ccccc1C1c2ccc(O)cc2Oc2cc(O)c(I)c(I)c21. The summed E-state index contributed by atoms with van der Waals surface area (Å²) in [4.78, 5) is 11.8. The Morgan fingerprint density at radius 2 is 1.67 bits per heavy atom. The van der Waals surface area contributed by atoms with Crippen molar-refractivity contribution >= 4 is 51.2 Å². The lowest BCUT2D eigenvalue weighted by atomic mass is 9.80. The highest BCUT2D eigenvalue weighted by atomic mass is 127. The number of halogens is 2. The minimum atomic E-state index is -1.01. The van der Waals surface area contributed by atoms with E-state index in [4.69, 9.17) is 4.74 Å². The van der Waals surface area contributed by atoms with Gasteiger partial charge in [-0.3, -0.25) is 0 Å². The first-order valence-electron chi connectivity index (χ1n) is 7.92. The van der Waals surface area contributed by atoms with E-state index >= 15 is 0 Å². The second kappa shape index (κ2) is 6.86. The summed E-state index contributed by atoms with van der Waals surface area (Å²) < 4.78 is 7.43. The summed E-state index contributed by atoms with van der Waals surface area (Å²) in [5, 5.41) is 29.8. The fourth-order valence-electron chi connectivity index (χ4n) is 3.35. The van der Waals surface area contributed by atoms with Gasteiger partial charge in [0.1, 0.15) is 23.0 Å². The van der Waals surface area contributed by atoms with Crippen LogP contribution in [0.15, 0.2) is 48.5 Å². The molecule has 4 rings (SSSR count). The number of hydrogen-bond donors (Lipinski definition) is 3. The summed E-state index contributed by atoms with van der Waals surface area (Å²) in [6.45, 7) is 0. The number of aromatic carboxylic acids is 1. The van der Waals surface area contributed by atoms with Gasteiger partial charge in [-0.2, -0.15) is 0 Å². The molecule has 0 radical (unpaired) electrons. The maximum Gasteiger partial charge on any atom is 0.335 e. The zero-order chi connectivity index (χ0) is 19.3. The summed E-state index contributed by atoms with van der Waals surface area (Å²) in [6.07, 6.45) is 0. The first-order valence-corrected chi connectivity index (χ1v) is 10.1. The van der Waals surface area contributed by atoms with E-state index in [-0.39, 0.29) is 17.1 Å². The Bertz CT molecular complexity index is 1090. The summed E-state index contributed by atoms with van der Waals surface area (Å²) >= 11 is 4.21. The second-order valence-corrected chi connectivity index (χ2v) is 8.24. The van der Waals surface area contributed by atoms with Crippen molar-refractivity contribution in [1.82, 2.24) is 0 Å². The van der Waals surface area contributed by atoms with Crippen LogP contribution in [0.5, 0.6) is 23.0 Å². The Hall–Kier alpha value is -2.01. The van der Waals surface area contributed by atoms with Gasteiger partial charge in [0.15, 0.2) is 0 Å². The smallest absolute Gasteiger partial charge is 0.335 e. The third kappa shape index (κ3) is 3.02. The van der Waals surface area contributed by atoms with Crippen LogP contribution in [0.4, 0.5) is 0 Å². The van der Waals surface area contributed by atoms with Gasteiger partial charge < -0.3 is 20.1 Å². The first kappa shape index (κ1) is 18.4. The molecular weight excluding hydrogens is 574 g/mol. The van der Waals surface area contributed by atoms with Crippen molar-refractivity contribution in [2.24, 2.45) is 0 Å². The fourth-order valence-corrected chi connectivity index (χ4v) is 4.65. The Morgan fingerprint density at radius 1 is 0.926 bits per heavy atom. The molecule has 0 bridgehead atoms. The standard InChI is InChI=1S/C20H12I2O5/c21-18-13(24)8-15-17(19(18)22)16(10-3-1-2-4-11(10)20(25)26)12-6-5-9(23)7-14(12)27-15/h1-8,16,23-24H,(H,25,26). The van der Waals surface area contributed by atoms with Crippen LogP contribution in [0.3, 0.4) is 0 Å². The van der Waals surface area contributed by atoms with Gasteiger partial charge in [-0.25, -0.2) is 4.79 Å². The molecule has 3 aromatic carbocycles. The van der Waals surface area contributed by atoms with Crippen molar-refractivity contribution in [3.8, 4) is 23.0 Å². The van der Waals surface area contributed by atoms with Crippen LogP contribution in [0, 0.1) is 7.14 Å². The highest BCUT2D eigenvalue weighted by Crippen LogP contribution is 2.52. The van der Waals surface area contributed by atoms with Gasteiger partial charge in [-0.05, 0) is 62.9 Å². The van der Waals surface area contributed by atoms with Crippen molar-refractivity contribution in [3.63, 3.8) is 0 Å². The minimum Gasteiger partial charge on any atom is -0.508 e. The molecule has 3 N–H and O–H groups in total. The quantitative estimate of drug-likeness (QED) is 0.278. The van der Waals surface area contributed by atoms with Crippen molar-refractivity contribution in [2.75, 3.05) is 0 Å². The van der Waals surface area contributed by atoms with Gasteiger partial charge in [-0.1, -0.05) is 24.3 Å². The number of phenols is 2. The summed E-state index contributed by atoms with van der Waals surface area (Å²) in [6, 6.07) is 13.2. The average Bonchev–Trinajstić information content (AvgIpc) is 2.64. The predicted molar refractivity (Wildman–Crippen MR) is 116 cm³/mol. The molecule has 27 heavy (non-hydrogen) atoms. The highest BCUT2D eigenvalue weighted by Gasteiger charge is 2.34. The molecule has 3 aromatic rings. The lowest BCUT2D eigenvalue weighted by Gasteiger charge is -2.31. The molecule has 0 spiro atoms. The largest absolute Gasteiger partial charge is 0.508 e. The molecule has 0 fully saturated rings. The van der Waals surface area contributed by atoms with Crippen molar-refractivity contribution in [1.29, 1.82) is 0 Å². The molecule has 0 aromatic heterocycles. The third-order valence-electron chi connectivity index (χ3n) is 4.51. The molecular formula is C20H12I2O5. The number of phenolic OH excluding ortho intramolecular Hbond substituents is 2. The molecule has 7 heteroatoms. The van der Waals surface area contributed by atoms with E-state index in [1.165, 1.54) is 12.1 Å². The van der Waals surface area contributed by atoms with Crippen LogP contribution in [0.2, 0.25) is 0 Å². The minimum absolute atomic E-state index is 0.0481. The molecule has 5 nitrogen and oxygen atoms in total. The number of carbonyl (C=O) groups is 1. The van der Waals surface area contributed by atoms with E-state index in [1.54, 1.807) is 36.4 Å². The van der Waals surface area contributed by atoms with Gasteiger partial charge in [0, 0.05) is 32.7 Å². The normalized spacial score (nSPS) is 14.8. The Morgan fingerprint density at radius 3 is 2.41 bits per heavy atom. The van der Waals surface area contributed by atoms with E-state index in [1.807, 2.05) is 0 Å². The van der Waals surface area contributed by atoms with E-state index in [9.17, 15) is 20.1 Å². The highest BCUT2D eigenvalue weighted by molar-refractivity contribution is 14.1. The van der Waals surface area contributed by atoms with E-state index in [0.717, 1.165) is 14.7 Å². The summed E-state index contributed by atoms with van der Waals surface area (Å²) in [7, 11) is 0. The lowest BCUT2D eigenvalue weighted by Crippen LogP contribution is -2.17. The average molecular weight is 586 g/mol. The van der Waals surface area contributed by atoms with Gasteiger partial charge >= 0.3 is 5.97 Å². The molecule has 136 valence electrons. The lowest BCUT2D eigenvalue weighted by molar-refractivity contribution is 0.0695. The van der Waals surface area contributed by atoms with Crippen molar-refractivity contribution in [3.05, 3.63) is 77.9 Å². The van der Waals surface area contributed by atoms with Crippen LogP contribution in [0.25, 0.3) is 0 Å². The Kier molecular flexibility index (Phi) is 4.66. The first-order chi connectivity index (χ1) is 12.9. The molecule has 1 atom stereocenters. The summed E-state index contributed by atoms with van der Waals surface area (Å²) in [5.41, 5.74) is 2.38. The van der Waals surface area contributed by atoms with E-state index in [2.05, 4.69) is 45.2 Å². The Labute approximate surface area is 181 Å². The third-order valence-corrected chi connectivity index (χ3v) is 7.75. The van der Waals surface area contributed by atoms with E-state index in [0.29, 0.717) is 20.6 Å². The number of hydrogen-bond acceptors (Lipinski definition) is 4. The van der Waals surface area contributed by atoms with Gasteiger partial charge in [0.25, 0.3) is 0 Å². The Balaban J connectivity index is 2.08. The maximum absolute atomic E-state index is 11.8. The molecule has 0 saturated carbocycles. The van der Waals surface area contributed by atoms with Gasteiger partial charge in [0.05, 0.1) is 9.13 Å². The maximum atomic E-state index is 11.8. The number of rotatable bonds is 2. The van der Waals surface area contributed by atoms with Crippen molar-refractivity contribution in [2.45, 2.75) is 5.92 Å². The molecule has 0 amide bonds. The van der Waals surface area contributed by atoms with Crippen molar-refractivity contribution < 1.29 is 24.9 Å². The van der Waals surface area contributed by atoms with Crippen LogP contribution < -0.4 is 4.74 Å². The number of benzene rings is 3. The zero-order valence-corrected chi connectivity index (χ0v) is 17.9.